The lowest BCUT2D eigenvalue weighted by Crippen LogP contribution is -2.42. The van der Waals surface area contributed by atoms with Gasteiger partial charge in [0.25, 0.3) is 0 Å². The van der Waals surface area contributed by atoms with Crippen LogP contribution < -0.4 is 20.1 Å². The van der Waals surface area contributed by atoms with Gasteiger partial charge in [-0.3, -0.25) is 4.99 Å². The Bertz CT molecular complexity index is 844. The largest absolute Gasteiger partial charge is 0.488 e. The Morgan fingerprint density at radius 3 is 2.83 bits per heavy atom. The third-order valence-corrected chi connectivity index (χ3v) is 5.29. The molecule has 2 unspecified atom stereocenters. The molecule has 4 rings (SSSR count). The minimum atomic E-state index is 0. The summed E-state index contributed by atoms with van der Waals surface area (Å²) >= 11 is 0. The summed E-state index contributed by atoms with van der Waals surface area (Å²) in [6.07, 6.45) is 2.11. The van der Waals surface area contributed by atoms with Gasteiger partial charge in [-0.25, -0.2) is 0 Å². The van der Waals surface area contributed by atoms with E-state index in [1.54, 1.807) is 7.05 Å². The second-order valence-electron chi connectivity index (χ2n) is 7.57. The van der Waals surface area contributed by atoms with E-state index < -0.39 is 0 Å². The lowest BCUT2D eigenvalue weighted by Gasteiger charge is -2.19. The van der Waals surface area contributed by atoms with E-state index in [2.05, 4.69) is 52.9 Å². The van der Waals surface area contributed by atoms with E-state index >= 15 is 0 Å². The third-order valence-electron chi connectivity index (χ3n) is 5.29. The van der Waals surface area contributed by atoms with E-state index in [-0.39, 0.29) is 36.2 Å². The van der Waals surface area contributed by atoms with Gasteiger partial charge in [0.2, 0.25) is 0 Å². The predicted octanol–water partition coefficient (Wildman–Crippen LogP) is 3.45. The maximum atomic E-state index is 6.19. The zero-order valence-corrected chi connectivity index (χ0v) is 19.8. The lowest BCUT2D eigenvalue weighted by molar-refractivity contribution is 0.140. The highest BCUT2D eigenvalue weighted by Gasteiger charge is 2.22. The van der Waals surface area contributed by atoms with Crippen LogP contribution in [0.5, 0.6) is 11.5 Å². The maximum absolute atomic E-state index is 6.19. The number of aryl methyl sites for hydroxylation is 1. The molecule has 0 amide bonds. The third kappa shape index (κ3) is 5.78. The zero-order chi connectivity index (χ0) is 20.1. The number of fused-ring (bicyclic) bond motifs is 1. The standard InChI is InChI=1S/C23H29N3O3.HI/c1-16-7-8-18(22(11-16)28-19-9-10-27-15-19)13-25-23(24-2)26-14-20-12-17-5-3-4-6-21(17)29-20;/h3-8,11,19-20H,9-10,12-15H2,1-2H3,(H2,24,25,26);1H. The molecule has 1 saturated heterocycles. The predicted molar refractivity (Wildman–Crippen MR) is 129 cm³/mol. The molecule has 162 valence electrons. The number of nitrogens with one attached hydrogen (secondary N) is 2. The molecule has 0 aliphatic carbocycles. The minimum Gasteiger partial charge on any atom is -0.488 e. The Morgan fingerprint density at radius 2 is 2.07 bits per heavy atom. The molecule has 0 spiro atoms. The van der Waals surface area contributed by atoms with Gasteiger partial charge < -0.3 is 24.8 Å². The van der Waals surface area contributed by atoms with E-state index in [1.807, 2.05) is 12.1 Å². The number of benzene rings is 2. The number of nitrogens with zero attached hydrogens (tertiary/aromatic N) is 1. The van der Waals surface area contributed by atoms with Crippen molar-refractivity contribution in [1.82, 2.24) is 10.6 Å². The van der Waals surface area contributed by atoms with Crippen LogP contribution in [0.1, 0.15) is 23.1 Å². The van der Waals surface area contributed by atoms with Crippen LogP contribution in [-0.4, -0.2) is 45.0 Å². The van der Waals surface area contributed by atoms with E-state index in [0.717, 1.165) is 42.5 Å². The molecular weight excluding hydrogens is 493 g/mol. The van der Waals surface area contributed by atoms with Crippen molar-refractivity contribution in [3.63, 3.8) is 0 Å². The van der Waals surface area contributed by atoms with Crippen LogP contribution in [0.3, 0.4) is 0 Å². The summed E-state index contributed by atoms with van der Waals surface area (Å²) in [5.74, 6) is 2.65. The molecular formula is C23H30IN3O3. The van der Waals surface area contributed by atoms with Gasteiger partial charge in [-0.1, -0.05) is 30.3 Å². The highest BCUT2D eigenvalue weighted by molar-refractivity contribution is 14.0. The second kappa shape index (κ2) is 10.9. The summed E-state index contributed by atoms with van der Waals surface area (Å²) in [5.41, 5.74) is 3.55. The van der Waals surface area contributed by atoms with Crippen LogP contribution in [0.2, 0.25) is 0 Å². The fraction of sp³-hybridized carbons (Fsp3) is 0.435. The summed E-state index contributed by atoms with van der Waals surface area (Å²) in [6.45, 7) is 4.84. The first-order valence-electron chi connectivity index (χ1n) is 10.2. The average Bonchev–Trinajstić information content (AvgIpc) is 3.38. The second-order valence-corrected chi connectivity index (χ2v) is 7.57. The van der Waals surface area contributed by atoms with E-state index in [9.17, 15) is 0 Å². The number of guanidine groups is 1. The molecule has 2 aliphatic heterocycles. The van der Waals surface area contributed by atoms with Crippen molar-refractivity contribution in [1.29, 1.82) is 0 Å². The molecule has 2 heterocycles. The molecule has 6 nitrogen and oxygen atoms in total. The van der Waals surface area contributed by atoms with Gasteiger partial charge in [0.15, 0.2) is 5.96 Å². The first kappa shape index (κ1) is 22.7. The molecule has 2 aromatic rings. The Kier molecular flexibility index (Phi) is 8.21. The fourth-order valence-electron chi connectivity index (χ4n) is 3.68. The smallest absolute Gasteiger partial charge is 0.191 e. The number of ether oxygens (including phenoxy) is 3. The molecule has 2 N–H and O–H groups in total. The molecule has 7 heteroatoms. The molecule has 0 saturated carbocycles. The molecule has 0 aromatic heterocycles. The Labute approximate surface area is 195 Å². The SMILES string of the molecule is CN=C(NCc1ccc(C)cc1OC1CCOC1)NCC1Cc2ccccc2O1.I. The van der Waals surface area contributed by atoms with Crippen LogP contribution in [0, 0.1) is 6.92 Å². The molecule has 2 atom stereocenters. The van der Waals surface area contributed by atoms with Crippen molar-refractivity contribution in [2.24, 2.45) is 4.99 Å². The zero-order valence-electron chi connectivity index (χ0n) is 17.5. The molecule has 0 bridgehead atoms. The van der Waals surface area contributed by atoms with Gasteiger partial charge in [0.1, 0.15) is 23.7 Å². The van der Waals surface area contributed by atoms with Crippen LogP contribution in [-0.2, 0) is 17.7 Å². The Morgan fingerprint density at radius 1 is 1.20 bits per heavy atom. The number of para-hydroxylation sites is 1. The average molecular weight is 523 g/mol. The van der Waals surface area contributed by atoms with Crippen LogP contribution in [0.4, 0.5) is 0 Å². The van der Waals surface area contributed by atoms with Crippen LogP contribution in [0.15, 0.2) is 47.5 Å². The normalized spacial score (nSPS) is 20.1. The number of hydrogen-bond donors (Lipinski definition) is 2. The Balaban J connectivity index is 0.00000256. The quantitative estimate of drug-likeness (QED) is 0.345. The van der Waals surface area contributed by atoms with Gasteiger partial charge in [0, 0.05) is 32.0 Å². The van der Waals surface area contributed by atoms with Gasteiger partial charge in [-0.05, 0) is 30.2 Å². The van der Waals surface area contributed by atoms with Crippen molar-refractivity contribution in [3.05, 3.63) is 59.2 Å². The first-order chi connectivity index (χ1) is 14.2. The van der Waals surface area contributed by atoms with Gasteiger partial charge >= 0.3 is 0 Å². The summed E-state index contributed by atoms with van der Waals surface area (Å²) in [4.78, 5) is 4.34. The molecule has 30 heavy (non-hydrogen) atoms. The van der Waals surface area contributed by atoms with Gasteiger partial charge in [-0.15, -0.1) is 24.0 Å². The van der Waals surface area contributed by atoms with Crippen LogP contribution >= 0.6 is 24.0 Å². The lowest BCUT2D eigenvalue weighted by atomic mass is 10.1. The van der Waals surface area contributed by atoms with Crippen molar-refractivity contribution in [2.75, 3.05) is 26.8 Å². The summed E-state index contributed by atoms with van der Waals surface area (Å²) in [5, 5.41) is 6.76. The monoisotopic (exact) mass is 523 g/mol. The number of rotatable bonds is 6. The van der Waals surface area contributed by atoms with E-state index in [4.69, 9.17) is 14.2 Å². The van der Waals surface area contributed by atoms with Crippen molar-refractivity contribution >= 4 is 29.9 Å². The van der Waals surface area contributed by atoms with Gasteiger partial charge in [0.05, 0.1) is 19.8 Å². The minimum absolute atomic E-state index is 0. The van der Waals surface area contributed by atoms with E-state index in [0.29, 0.717) is 19.7 Å². The Hall–Kier alpha value is -2.00. The molecule has 2 aliphatic rings. The molecule has 0 radical (unpaired) electrons. The van der Waals surface area contributed by atoms with Crippen LogP contribution in [0.25, 0.3) is 0 Å². The van der Waals surface area contributed by atoms with Crippen molar-refractivity contribution in [3.8, 4) is 11.5 Å². The topological polar surface area (TPSA) is 64.1 Å². The fourth-order valence-corrected chi connectivity index (χ4v) is 3.68. The van der Waals surface area contributed by atoms with Crippen molar-refractivity contribution in [2.45, 2.75) is 38.5 Å². The molecule has 1 fully saturated rings. The highest BCUT2D eigenvalue weighted by Crippen LogP contribution is 2.27. The first-order valence-corrected chi connectivity index (χ1v) is 10.2. The van der Waals surface area contributed by atoms with Gasteiger partial charge in [-0.2, -0.15) is 0 Å². The van der Waals surface area contributed by atoms with E-state index in [1.165, 1.54) is 11.1 Å². The number of aliphatic imine (C=N–C) groups is 1. The summed E-state index contributed by atoms with van der Waals surface area (Å²) in [6, 6.07) is 14.5. The maximum Gasteiger partial charge on any atom is 0.191 e. The van der Waals surface area contributed by atoms with Crippen molar-refractivity contribution < 1.29 is 14.2 Å². The number of hydrogen-bond acceptors (Lipinski definition) is 4. The molecule has 2 aromatic carbocycles. The highest BCUT2D eigenvalue weighted by atomic mass is 127. The summed E-state index contributed by atoms with van der Waals surface area (Å²) in [7, 11) is 1.78. The number of halogens is 1. The summed E-state index contributed by atoms with van der Waals surface area (Å²) < 4.78 is 17.6.